The van der Waals surface area contributed by atoms with Crippen LogP contribution in [-0.2, 0) is 21.7 Å². The number of aromatic nitrogens is 1. The van der Waals surface area contributed by atoms with Gasteiger partial charge in [0.15, 0.2) is 0 Å². The summed E-state index contributed by atoms with van der Waals surface area (Å²) in [6, 6.07) is 48.9. The summed E-state index contributed by atoms with van der Waals surface area (Å²) in [5, 5.41) is 1.14. The highest BCUT2D eigenvalue weighted by Gasteiger charge is 2.44. The second-order valence-corrected chi connectivity index (χ2v) is 21.1. The van der Waals surface area contributed by atoms with Crippen LogP contribution in [0.2, 0.25) is 0 Å². The number of benzene rings is 6. The van der Waals surface area contributed by atoms with Crippen LogP contribution in [0.5, 0.6) is 0 Å². The van der Waals surface area contributed by atoms with Crippen LogP contribution in [0.4, 0.5) is 34.1 Å². The smallest absolute Gasteiger partial charge is 0.252 e. The number of hydrogen-bond donors (Lipinski definition) is 0. The fourth-order valence-corrected chi connectivity index (χ4v) is 9.21. The fraction of sp³-hybridized carbons (Fsp3) is 0.291. The standard InChI is InChI=1S/C55H58BN3/c1-52(2,3)37-18-24-41(25-19-37)58-46-28-22-39(54(7,8)9)33-44(46)56-45-34-40(55(10,11)12)23-29-47(45)59(42-26-20-38(21-27-42)53(4,5)6)49-32-36(31-48(58)50(49)56)43-17-13-15-35-16-14-30-57-51(35)43/h13-34H,1-12H3. The first-order valence-electron chi connectivity index (χ1n) is 21.4. The van der Waals surface area contributed by atoms with Gasteiger partial charge in [0.2, 0.25) is 0 Å². The minimum absolute atomic E-state index is 0.0180. The largest absolute Gasteiger partial charge is 0.311 e. The number of hydrogen-bond acceptors (Lipinski definition) is 3. The molecule has 0 N–H and O–H groups in total. The van der Waals surface area contributed by atoms with Crippen molar-refractivity contribution in [3.8, 4) is 11.1 Å². The van der Waals surface area contributed by atoms with E-state index in [0.29, 0.717) is 0 Å². The Labute approximate surface area is 353 Å². The summed E-state index contributed by atoms with van der Waals surface area (Å²) in [5.74, 6) is 0. The van der Waals surface area contributed by atoms with Crippen LogP contribution in [0.25, 0.3) is 22.0 Å². The van der Waals surface area contributed by atoms with Crippen molar-refractivity contribution in [1.82, 2.24) is 4.98 Å². The second kappa shape index (κ2) is 13.5. The van der Waals surface area contributed by atoms with Crippen LogP contribution in [0, 0.1) is 0 Å². The maximum atomic E-state index is 4.98. The van der Waals surface area contributed by atoms with E-state index in [-0.39, 0.29) is 28.4 Å². The van der Waals surface area contributed by atoms with Gasteiger partial charge in [-0.15, -0.1) is 0 Å². The van der Waals surface area contributed by atoms with Crippen LogP contribution in [-0.4, -0.2) is 11.7 Å². The molecule has 296 valence electrons. The SMILES string of the molecule is CC(C)(C)c1ccc(N2c3ccc(C(C)(C)C)cc3B3c4cc(C(C)(C)C)ccc4N(c4ccc(C(C)(C)C)cc4)c4cc(-c5cccc6cccnc56)cc2c43)cc1. The van der Waals surface area contributed by atoms with Gasteiger partial charge < -0.3 is 9.80 Å². The van der Waals surface area contributed by atoms with Crippen LogP contribution in [0.3, 0.4) is 0 Å². The Morgan fingerprint density at radius 3 is 1.29 bits per heavy atom. The van der Waals surface area contributed by atoms with Gasteiger partial charge in [0, 0.05) is 51.3 Å². The molecule has 7 aromatic rings. The summed E-state index contributed by atoms with van der Waals surface area (Å²) in [6.45, 7) is 27.8. The Morgan fingerprint density at radius 1 is 0.424 bits per heavy atom. The van der Waals surface area contributed by atoms with Crippen molar-refractivity contribution in [3.05, 3.63) is 156 Å². The lowest BCUT2D eigenvalue weighted by molar-refractivity contribution is 0.590. The Balaban J connectivity index is 1.42. The van der Waals surface area contributed by atoms with Gasteiger partial charge in [0.1, 0.15) is 0 Å². The van der Waals surface area contributed by atoms with Gasteiger partial charge in [-0.2, -0.15) is 0 Å². The van der Waals surface area contributed by atoms with Gasteiger partial charge in [0.05, 0.1) is 5.52 Å². The molecule has 0 unspecified atom stereocenters. The van der Waals surface area contributed by atoms with Gasteiger partial charge in [-0.1, -0.05) is 156 Å². The van der Waals surface area contributed by atoms with E-state index in [1.165, 1.54) is 61.4 Å². The van der Waals surface area contributed by atoms with E-state index in [2.05, 4.69) is 214 Å². The molecule has 0 spiro atoms. The summed E-state index contributed by atoms with van der Waals surface area (Å²) >= 11 is 0. The molecule has 0 bridgehead atoms. The van der Waals surface area contributed by atoms with E-state index in [0.717, 1.165) is 33.4 Å². The first-order chi connectivity index (χ1) is 27.8. The van der Waals surface area contributed by atoms with E-state index in [1.54, 1.807) is 0 Å². The highest BCUT2D eigenvalue weighted by atomic mass is 15.2. The number of rotatable bonds is 3. The van der Waals surface area contributed by atoms with Crippen LogP contribution < -0.4 is 26.2 Å². The molecule has 2 aliphatic rings. The number of nitrogens with zero attached hydrogens (tertiary/aromatic N) is 3. The summed E-state index contributed by atoms with van der Waals surface area (Å²) in [5.41, 5.74) is 19.9. The van der Waals surface area contributed by atoms with Gasteiger partial charge in [0.25, 0.3) is 6.71 Å². The van der Waals surface area contributed by atoms with E-state index >= 15 is 0 Å². The molecule has 0 radical (unpaired) electrons. The first kappa shape index (κ1) is 38.9. The van der Waals surface area contributed by atoms with Crippen molar-refractivity contribution in [2.75, 3.05) is 9.80 Å². The van der Waals surface area contributed by atoms with Crippen molar-refractivity contribution in [2.24, 2.45) is 0 Å². The minimum Gasteiger partial charge on any atom is -0.311 e. The van der Waals surface area contributed by atoms with Crippen LogP contribution >= 0.6 is 0 Å². The predicted octanol–water partition coefficient (Wildman–Crippen LogP) is 13.2. The Hall–Kier alpha value is -5.61. The average molecular weight is 772 g/mol. The summed E-state index contributed by atoms with van der Waals surface area (Å²) in [6.07, 6.45) is 1.92. The van der Waals surface area contributed by atoms with Crippen molar-refractivity contribution in [3.63, 3.8) is 0 Å². The number of anilines is 6. The highest BCUT2D eigenvalue weighted by Crippen LogP contribution is 2.48. The molecule has 3 nitrogen and oxygen atoms in total. The molecule has 9 rings (SSSR count). The number of fused-ring (bicyclic) bond motifs is 5. The van der Waals surface area contributed by atoms with Crippen molar-refractivity contribution in [1.29, 1.82) is 0 Å². The number of pyridine rings is 1. The summed E-state index contributed by atoms with van der Waals surface area (Å²) in [7, 11) is 0. The van der Waals surface area contributed by atoms with Crippen molar-refractivity contribution >= 4 is 68.1 Å². The molecule has 6 aromatic carbocycles. The third-order valence-electron chi connectivity index (χ3n) is 12.7. The Kier molecular flexibility index (Phi) is 8.87. The lowest BCUT2D eigenvalue weighted by Crippen LogP contribution is -2.61. The van der Waals surface area contributed by atoms with E-state index in [9.17, 15) is 0 Å². The van der Waals surface area contributed by atoms with Crippen LogP contribution in [0.1, 0.15) is 105 Å². The van der Waals surface area contributed by atoms with Gasteiger partial charge in [-0.25, -0.2) is 0 Å². The quantitative estimate of drug-likeness (QED) is 0.167. The number of para-hydroxylation sites is 1. The Bertz CT molecular complexity index is 2600. The van der Waals surface area contributed by atoms with Gasteiger partial charge in [-0.05, 0) is 120 Å². The maximum absolute atomic E-state index is 4.98. The van der Waals surface area contributed by atoms with Crippen molar-refractivity contribution in [2.45, 2.75) is 105 Å². The fourth-order valence-electron chi connectivity index (χ4n) is 9.21. The Morgan fingerprint density at radius 2 is 0.847 bits per heavy atom. The maximum Gasteiger partial charge on any atom is 0.252 e. The molecule has 0 amide bonds. The zero-order chi connectivity index (χ0) is 41.8. The molecular weight excluding hydrogens is 713 g/mol. The molecule has 0 saturated heterocycles. The zero-order valence-corrected chi connectivity index (χ0v) is 37.1. The molecule has 0 saturated carbocycles. The summed E-state index contributed by atoms with van der Waals surface area (Å²) < 4.78 is 0. The lowest BCUT2D eigenvalue weighted by atomic mass is 9.33. The summed E-state index contributed by atoms with van der Waals surface area (Å²) in [4.78, 5) is 10.1. The molecule has 1 aromatic heterocycles. The molecule has 3 heterocycles. The molecule has 4 heteroatoms. The monoisotopic (exact) mass is 771 g/mol. The normalized spacial score (nSPS) is 14.0. The molecular formula is C55H58BN3. The molecule has 2 aliphatic heterocycles. The minimum atomic E-state index is -0.0197. The van der Waals surface area contributed by atoms with Gasteiger partial charge in [-0.3, -0.25) is 4.98 Å². The molecule has 59 heavy (non-hydrogen) atoms. The molecule has 0 fully saturated rings. The van der Waals surface area contributed by atoms with E-state index in [4.69, 9.17) is 4.98 Å². The highest BCUT2D eigenvalue weighted by molar-refractivity contribution is 7.00. The average Bonchev–Trinajstić information content (AvgIpc) is 3.18. The van der Waals surface area contributed by atoms with E-state index < -0.39 is 0 Å². The third-order valence-corrected chi connectivity index (χ3v) is 12.7. The third kappa shape index (κ3) is 6.66. The molecule has 0 aliphatic carbocycles. The van der Waals surface area contributed by atoms with E-state index in [1.807, 2.05) is 12.3 Å². The van der Waals surface area contributed by atoms with Gasteiger partial charge >= 0.3 is 0 Å². The lowest BCUT2D eigenvalue weighted by Gasteiger charge is -2.45. The second-order valence-electron chi connectivity index (χ2n) is 21.1. The van der Waals surface area contributed by atoms with Crippen molar-refractivity contribution < 1.29 is 0 Å². The topological polar surface area (TPSA) is 19.4 Å². The van der Waals surface area contributed by atoms with Crippen LogP contribution in [0.15, 0.2) is 134 Å². The first-order valence-corrected chi connectivity index (χ1v) is 21.4. The zero-order valence-electron chi connectivity index (χ0n) is 37.1. The molecule has 0 atom stereocenters. The predicted molar refractivity (Wildman–Crippen MR) is 256 cm³/mol.